The van der Waals surface area contributed by atoms with Crippen LogP contribution in [-0.2, 0) is 9.59 Å². The smallest absolute Gasteiger partial charge is 0.268 e. The van der Waals surface area contributed by atoms with Gasteiger partial charge in [0.2, 0.25) is 5.91 Å². The second-order valence-corrected chi connectivity index (χ2v) is 6.27. The number of hydrogen-bond donors (Lipinski definition) is 1. The molecule has 7 nitrogen and oxygen atoms in total. The zero-order valence-corrected chi connectivity index (χ0v) is 14.9. The van der Waals surface area contributed by atoms with E-state index in [9.17, 15) is 14.4 Å². The molecule has 1 N–H and O–H groups in total. The SMILES string of the molecule is CC(=O)c1ccc2c(c1)N(CC(=O)Nc1ccc(Cl)cn1)C(=O)C(C)O2. The predicted molar refractivity (Wildman–Crippen MR) is 96.8 cm³/mol. The Balaban J connectivity index is 1.85. The lowest BCUT2D eigenvalue weighted by Crippen LogP contribution is -2.47. The Morgan fingerprint density at radius 3 is 2.73 bits per heavy atom. The molecule has 0 aliphatic carbocycles. The predicted octanol–water partition coefficient (Wildman–Crippen LogP) is 2.69. The number of amides is 2. The van der Waals surface area contributed by atoms with Gasteiger partial charge in [-0.05, 0) is 44.2 Å². The first-order valence-electron chi connectivity index (χ1n) is 7.89. The second kappa shape index (κ2) is 7.13. The largest absolute Gasteiger partial charge is 0.479 e. The quantitative estimate of drug-likeness (QED) is 0.832. The van der Waals surface area contributed by atoms with Crippen LogP contribution in [0.5, 0.6) is 5.75 Å². The molecule has 1 aromatic carbocycles. The van der Waals surface area contributed by atoms with E-state index in [1.165, 1.54) is 18.0 Å². The van der Waals surface area contributed by atoms with Crippen LogP contribution in [0.4, 0.5) is 11.5 Å². The molecule has 0 radical (unpaired) electrons. The molecule has 2 aromatic rings. The molecule has 0 spiro atoms. The molecule has 0 fully saturated rings. The topological polar surface area (TPSA) is 88.6 Å². The van der Waals surface area contributed by atoms with Crippen LogP contribution in [0.1, 0.15) is 24.2 Å². The summed E-state index contributed by atoms with van der Waals surface area (Å²) >= 11 is 5.77. The minimum atomic E-state index is -0.730. The van der Waals surface area contributed by atoms with Crippen molar-refractivity contribution >= 4 is 40.7 Å². The summed E-state index contributed by atoms with van der Waals surface area (Å²) in [7, 11) is 0. The molecule has 1 aromatic heterocycles. The van der Waals surface area contributed by atoms with Gasteiger partial charge in [0.15, 0.2) is 11.9 Å². The van der Waals surface area contributed by atoms with Gasteiger partial charge >= 0.3 is 0 Å². The van der Waals surface area contributed by atoms with Gasteiger partial charge < -0.3 is 10.1 Å². The van der Waals surface area contributed by atoms with Crippen molar-refractivity contribution in [3.63, 3.8) is 0 Å². The standard InChI is InChI=1S/C18H16ClN3O4/c1-10(23)12-3-5-15-14(7-12)22(18(25)11(2)26-15)9-17(24)21-16-6-4-13(19)8-20-16/h3-8,11H,9H2,1-2H3,(H,20,21,24). The van der Waals surface area contributed by atoms with Crippen LogP contribution in [0.2, 0.25) is 5.02 Å². The van der Waals surface area contributed by atoms with Crippen molar-refractivity contribution in [3.05, 3.63) is 47.1 Å². The molecule has 0 bridgehead atoms. The number of carbonyl (C=O) groups excluding carboxylic acids is 3. The number of pyridine rings is 1. The summed E-state index contributed by atoms with van der Waals surface area (Å²) in [6.45, 7) is 2.81. The van der Waals surface area contributed by atoms with Gasteiger partial charge in [0, 0.05) is 11.8 Å². The average molecular weight is 374 g/mol. The number of halogens is 1. The maximum Gasteiger partial charge on any atom is 0.268 e. The van der Waals surface area contributed by atoms with Crippen molar-refractivity contribution < 1.29 is 19.1 Å². The molecule has 0 saturated carbocycles. The molecule has 3 rings (SSSR count). The molecule has 26 heavy (non-hydrogen) atoms. The van der Waals surface area contributed by atoms with E-state index in [4.69, 9.17) is 16.3 Å². The summed E-state index contributed by atoms with van der Waals surface area (Å²) in [5.41, 5.74) is 0.819. The summed E-state index contributed by atoms with van der Waals surface area (Å²) in [5, 5.41) is 3.06. The molecule has 2 heterocycles. The molecule has 8 heteroatoms. The van der Waals surface area contributed by atoms with Crippen molar-refractivity contribution in [3.8, 4) is 5.75 Å². The number of fused-ring (bicyclic) bond motifs is 1. The van der Waals surface area contributed by atoms with Crippen LogP contribution in [0.15, 0.2) is 36.5 Å². The molecular weight excluding hydrogens is 358 g/mol. The van der Waals surface area contributed by atoms with Gasteiger partial charge in [0.25, 0.3) is 5.91 Å². The molecule has 0 saturated heterocycles. The number of hydrogen-bond acceptors (Lipinski definition) is 5. The molecule has 1 atom stereocenters. The minimum Gasteiger partial charge on any atom is -0.479 e. The molecule has 2 amide bonds. The van der Waals surface area contributed by atoms with Crippen molar-refractivity contribution in [1.29, 1.82) is 0 Å². The molecular formula is C18H16ClN3O4. The van der Waals surface area contributed by atoms with Crippen molar-refractivity contribution in [2.24, 2.45) is 0 Å². The fourth-order valence-corrected chi connectivity index (χ4v) is 2.68. The van der Waals surface area contributed by atoms with E-state index in [1.807, 2.05) is 0 Å². The number of benzene rings is 1. The lowest BCUT2D eigenvalue weighted by molar-refractivity contribution is -0.127. The number of Topliss-reactive ketones (excluding diaryl/α,β-unsaturated/α-hetero) is 1. The van der Waals surface area contributed by atoms with Crippen molar-refractivity contribution in [2.45, 2.75) is 20.0 Å². The molecule has 1 unspecified atom stereocenters. The summed E-state index contributed by atoms with van der Waals surface area (Å²) < 4.78 is 5.56. The third-order valence-corrected chi connectivity index (χ3v) is 4.09. The van der Waals surface area contributed by atoms with Crippen molar-refractivity contribution in [2.75, 3.05) is 16.8 Å². The Bertz CT molecular complexity index is 883. The van der Waals surface area contributed by atoms with Gasteiger partial charge in [-0.3, -0.25) is 19.3 Å². The lowest BCUT2D eigenvalue weighted by atomic mass is 10.1. The van der Waals surface area contributed by atoms with Gasteiger partial charge in [-0.25, -0.2) is 4.98 Å². The second-order valence-electron chi connectivity index (χ2n) is 5.83. The fraction of sp³-hybridized carbons (Fsp3) is 0.222. The number of nitrogens with zero attached hydrogens (tertiary/aromatic N) is 2. The van der Waals surface area contributed by atoms with E-state index in [1.54, 1.807) is 37.3 Å². The van der Waals surface area contributed by atoms with Crippen LogP contribution in [0.3, 0.4) is 0 Å². The highest BCUT2D eigenvalue weighted by Crippen LogP contribution is 2.35. The van der Waals surface area contributed by atoms with Gasteiger partial charge in [0.1, 0.15) is 18.1 Å². The third-order valence-electron chi connectivity index (χ3n) is 3.87. The average Bonchev–Trinajstić information content (AvgIpc) is 2.60. The summed E-state index contributed by atoms with van der Waals surface area (Å²) in [6, 6.07) is 7.96. The zero-order valence-electron chi connectivity index (χ0n) is 14.2. The van der Waals surface area contributed by atoms with E-state index in [0.29, 0.717) is 27.8 Å². The van der Waals surface area contributed by atoms with E-state index >= 15 is 0 Å². The number of rotatable bonds is 4. The third kappa shape index (κ3) is 3.67. The Labute approximate surface area is 154 Å². The van der Waals surface area contributed by atoms with E-state index in [2.05, 4.69) is 10.3 Å². The number of aromatic nitrogens is 1. The highest BCUT2D eigenvalue weighted by Gasteiger charge is 2.33. The first-order valence-corrected chi connectivity index (χ1v) is 8.27. The van der Waals surface area contributed by atoms with Gasteiger partial charge in [-0.2, -0.15) is 0 Å². The zero-order chi connectivity index (χ0) is 18.8. The highest BCUT2D eigenvalue weighted by molar-refractivity contribution is 6.30. The summed E-state index contributed by atoms with van der Waals surface area (Å²) in [4.78, 5) is 41.8. The van der Waals surface area contributed by atoms with Crippen LogP contribution < -0.4 is 15.0 Å². The molecule has 1 aliphatic rings. The number of ketones is 1. The summed E-state index contributed by atoms with van der Waals surface area (Å²) in [5.74, 6) is -0.169. The van der Waals surface area contributed by atoms with Gasteiger partial charge in [-0.15, -0.1) is 0 Å². The first kappa shape index (κ1) is 17.9. The Morgan fingerprint density at radius 2 is 2.08 bits per heavy atom. The van der Waals surface area contributed by atoms with Gasteiger partial charge in [0.05, 0.1) is 10.7 Å². The van der Waals surface area contributed by atoms with Crippen LogP contribution in [0.25, 0.3) is 0 Å². The summed E-state index contributed by atoms with van der Waals surface area (Å²) in [6.07, 6.45) is 0.681. The number of ether oxygens (including phenoxy) is 1. The van der Waals surface area contributed by atoms with Crippen LogP contribution in [0, 0.1) is 0 Å². The van der Waals surface area contributed by atoms with E-state index in [0.717, 1.165) is 0 Å². The van der Waals surface area contributed by atoms with Crippen LogP contribution in [-0.4, -0.2) is 35.2 Å². The lowest BCUT2D eigenvalue weighted by Gasteiger charge is -2.32. The minimum absolute atomic E-state index is 0.145. The Kier molecular flexibility index (Phi) is 4.90. The van der Waals surface area contributed by atoms with E-state index < -0.39 is 12.0 Å². The molecule has 1 aliphatic heterocycles. The number of carbonyl (C=O) groups is 3. The number of anilines is 2. The van der Waals surface area contributed by atoms with Crippen LogP contribution >= 0.6 is 11.6 Å². The maximum absolute atomic E-state index is 12.5. The highest BCUT2D eigenvalue weighted by atomic mass is 35.5. The monoisotopic (exact) mass is 373 g/mol. The fourth-order valence-electron chi connectivity index (χ4n) is 2.56. The molecule has 134 valence electrons. The first-order chi connectivity index (χ1) is 12.3. The van der Waals surface area contributed by atoms with Crippen molar-refractivity contribution in [1.82, 2.24) is 4.98 Å². The Morgan fingerprint density at radius 1 is 1.31 bits per heavy atom. The van der Waals surface area contributed by atoms with E-state index in [-0.39, 0.29) is 18.2 Å². The number of nitrogens with one attached hydrogen (secondary N) is 1. The normalized spacial score (nSPS) is 15.9. The van der Waals surface area contributed by atoms with Gasteiger partial charge in [-0.1, -0.05) is 11.6 Å². The maximum atomic E-state index is 12.5. The Hall–Kier alpha value is -2.93.